The molecule has 0 saturated carbocycles. The summed E-state index contributed by atoms with van der Waals surface area (Å²) in [6, 6.07) is 0. The Bertz CT molecular complexity index is 337. The average molecular weight is 286 g/mol. The molecule has 1 heterocycles. The third-order valence-electron chi connectivity index (χ3n) is 1.78. The molecule has 1 aliphatic rings. The molecule has 1 N–H and O–H groups in total. The van der Waals surface area contributed by atoms with Gasteiger partial charge in [-0.2, -0.15) is 13.2 Å². The van der Waals surface area contributed by atoms with Crippen molar-refractivity contribution in [3.05, 3.63) is 23.9 Å². The second-order valence-corrected chi connectivity index (χ2v) is 3.92. The molecular weight excluding hydrogens is 279 g/mol. The molecule has 1 unspecified atom stereocenters. The van der Waals surface area contributed by atoms with Crippen LogP contribution in [0.15, 0.2) is 23.9 Å². The first-order valence-corrected chi connectivity index (χ1v) is 4.61. The van der Waals surface area contributed by atoms with Crippen molar-refractivity contribution in [3.8, 4) is 0 Å². The molecule has 1 rings (SSSR count). The van der Waals surface area contributed by atoms with Crippen molar-refractivity contribution in [2.75, 3.05) is 7.11 Å². The minimum absolute atomic E-state index is 0.808. The smallest absolute Gasteiger partial charge is 0.416 e. The number of alkyl halides is 4. The highest BCUT2D eigenvalue weighted by molar-refractivity contribution is 9.10. The molecule has 3 nitrogen and oxygen atoms in total. The molecule has 0 aromatic heterocycles. The number of rotatable bonds is 1. The van der Waals surface area contributed by atoms with E-state index in [1.54, 1.807) is 0 Å². The number of dihydropyridines is 1. The highest BCUT2D eigenvalue weighted by Crippen LogP contribution is 2.39. The number of halogens is 4. The van der Waals surface area contributed by atoms with Crippen LogP contribution in [0.3, 0.4) is 0 Å². The first-order chi connectivity index (χ1) is 6.82. The number of ether oxygens (including phenoxy) is 1. The maximum Gasteiger partial charge on any atom is 0.416 e. The lowest BCUT2D eigenvalue weighted by molar-refractivity contribution is -0.147. The molecule has 0 fully saturated rings. The Kier molecular flexibility index (Phi) is 3.13. The molecule has 0 aliphatic carbocycles. The van der Waals surface area contributed by atoms with Gasteiger partial charge in [-0.1, -0.05) is 0 Å². The van der Waals surface area contributed by atoms with Crippen molar-refractivity contribution >= 4 is 21.9 Å². The van der Waals surface area contributed by atoms with Crippen LogP contribution >= 0.6 is 15.9 Å². The summed E-state index contributed by atoms with van der Waals surface area (Å²) >= 11 is 2.70. The SMILES string of the molecule is COC(=O)C1(Br)NC=CC=C1C(F)(F)F. The Balaban J connectivity index is 3.15. The summed E-state index contributed by atoms with van der Waals surface area (Å²) in [5, 5.41) is 2.28. The first kappa shape index (κ1) is 12.1. The molecule has 1 aliphatic heterocycles. The number of carbonyl (C=O) groups excluding carboxylic acids is 1. The molecule has 0 saturated heterocycles. The van der Waals surface area contributed by atoms with Crippen LogP contribution in [-0.2, 0) is 9.53 Å². The normalized spacial score (nSPS) is 25.5. The highest BCUT2D eigenvalue weighted by Gasteiger charge is 2.52. The molecule has 0 aromatic carbocycles. The van der Waals surface area contributed by atoms with E-state index in [0.717, 1.165) is 19.3 Å². The zero-order valence-electron chi connectivity index (χ0n) is 7.56. The summed E-state index contributed by atoms with van der Waals surface area (Å²) < 4.78 is 39.9. The van der Waals surface area contributed by atoms with Gasteiger partial charge in [-0.3, -0.25) is 0 Å². The fourth-order valence-electron chi connectivity index (χ4n) is 1.10. The zero-order valence-corrected chi connectivity index (χ0v) is 9.15. The predicted molar refractivity (Wildman–Crippen MR) is 50.1 cm³/mol. The molecule has 7 heteroatoms. The van der Waals surface area contributed by atoms with E-state index in [2.05, 4.69) is 26.0 Å². The number of carbonyl (C=O) groups is 1. The summed E-state index contributed by atoms with van der Waals surface area (Å²) in [4.78, 5) is 11.2. The Labute approximate surface area is 92.1 Å². The fourth-order valence-corrected chi connectivity index (χ4v) is 1.75. The van der Waals surface area contributed by atoms with Crippen LogP contribution in [0.1, 0.15) is 0 Å². The van der Waals surface area contributed by atoms with Crippen LogP contribution in [-0.4, -0.2) is 23.7 Å². The number of allylic oxidation sites excluding steroid dienone is 2. The fraction of sp³-hybridized carbons (Fsp3) is 0.375. The molecule has 0 spiro atoms. The van der Waals surface area contributed by atoms with Crippen molar-refractivity contribution in [2.45, 2.75) is 10.6 Å². The van der Waals surface area contributed by atoms with Crippen molar-refractivity contribution in [2.24, 2.45) is 0 Å². The number of methoxy groups -OCH3 is 1. The number of nitrogens with one attached hydrogen (secondary N) is 1. The predicted octanol–water partition coefficient (Wildman–Crippen LogP) is 1.86. The average Bonchev–Trinajstić information content (AvgIpc) is 2.15. The number of esters is 1. The van der Waals surface area contributed by atoms with Gasteiger partial charge in [-0.05, 0) is 34.3 Å². The van der Waals surface area contributed by atoms with Crippen molar-refractivity contribution in [1.29, 1.82) is 0 Å². The van der Waals surface area contributed by atoms with Gasteiger partial charge >= 0.3 is 12.1 Å². The third-order valence-corrected chi connectivity index (χ3v) is 2.76. The van der Waals surface area contributed by atoms with Crippen LogP contribution < -0.4 is 5.32 Å². The van der Waals surface area contributed by atoms with Crippen LogP contribution in [0.5, 0.6) is 0 Å². The molecule has 15 heavy (non-hydrogen) atoms. The van der Waals surface area contributed by atoms with Crippen LogP contribution in [0.4, 0.5) is 13.2 Å². The summed E-state index contributed by atoms with van der Waals surface area (Å²) in [7, 11) is 1.01. The van der Waals surface area contributed by atoms with Gasteiger partial charge in [0.05, 0.1) is 12.7 Å². The van der Waals surface area contributed by atoms with Crippen molar-refractivity contribution < 1.29 is 22.7 Å². The maximum absolute atomic E-state index is 12.6. The van der Waals surface area contributed by atoms with E-state index in [4.69, 9.17) is 0 Å². The largest absolute Gasteiger partial charge is 0.466 e. The van der Waals surface area contributed by atoms with Crippen molar-refractivity contribution in [3.63, 3.8) is 0 Å². The Morgan fingerprint density at radius 3 is 2.67 bits per heavy atom. The summed E-state index contributed by atoms with van der Waals surface area (Å²) in [6.07, 6.45) is -1.43. The van der Waals surface area contributed by atoms with Gasteiger partial charge in [-0.15, -0.1) is 0 Å². The maximum atomic E-state index is 12.6. The minimum Gasteiger partial charge on any atom is -0.466 e. The first-order valence-electron chi connectivity index (χ1n) is 3.82. The standard InChI is InChI=1S/C8H7BrF3NO2/c1-15-6(14)7(9)5(8(10,11)12)3-2-4-13-7/h2-4,13H,1H3. The summed E-state index contributed by atoms with van der Waals surface area (Å²) in [5.41, 5.74) is -1.05. The summed E-state index contributed by atoms with van der Waals surface area (Å²) in [5.74, 6) is -1.06. The Morgan fingerprint density at radius 2 is 2.20 bits per heavy atom. The molecule has 84 valence electrons. The lowest BCUT2D eigenvalue weighted by Crippen LogP contribution is -2.51. The second-order valence-electron chi connectivity index (χ2n) is 2.73. The van der Waals surface area contributed by atoms with Crippen LogP contribution in [0.2, 0.25) is 0 Å². The van der Waals surface area contributed by atoms with E-state index < -0.39 is 22.2 Å². The van der Waals surface area contributed by atoms with E-state index in [9.17, 15) is 18.0 Å². The number of hydrogen-bond acceptors (Lipinski definition) is 3. The van der Waals surface area contributed by atoms with Gasteiger partial charge < -0.3 is 10.1 Å². The monoisotopic (exact) mass is 285 g/mol. The zero-order chi connectivity index (χ0) is 11.7. The van der Waals surface area contributed by atoms with Gasteiger partial charge in [0, 0.05) is 0 Å². The van der Waals surface area contributed by atoms with Gasteiger partial charge in [-0.25, -0.2) is 4.79 Å². The highest BCUT2D eigenvalue weighted by atomic mass is 79.9. The van der Waals surface area contributed by atoms with E-state index in [1.165, 1.54) is 6.20 Å². The second kappa shape index (κ2) is 3.88. The quantitative estimate of drug-likeness (QED) is 0.454. The van der Waals surface area contributed by atoms with Gasteiger partial charge in [0.2, 0.25) is 4.45 Å². The van der Waals surface area contributed by atoms with E-state index >= 15 is 0 Å². The molecular formula is C8H7BrF3NO2. The van der Waals surface area contributed by atoms with Gasteiger partial charge in [0.25, 0.3) is 0 Å². The molecule has 0 bridgehead atoms. The molecule has 1 atom stereocenters. The van der Waals surface area contributed by atoms with E-state index in [1.807, 2.05) is 0 Å². The van der Waals surface area contributed by atoms with E-state index in [0.29, 0.717) is 0 Å². The lowest BCUT2D eigenvalue weighted by Gasteiger charge is -2.30. The van der Waals surface area contributed by atoms with Crippen LogP contribution in [0.25, 0.3) is 0 Å². The van der Waals surface area contributed by atoms with Crippen molar-refractivity contribution in [1.82, 2.24) is 5.32 Å². The topological polar surface area (TPSA) is 38.3 Å². The molecule has 0 radical (unpaired) electrons. The minimum atomic E-state index is -4.62. The van der Waals surface area contributed by atoms with Gasteiger partial charge in [0.15, 0.2) is 0 Å². The Morgan fingerprint density at radius 1 is 1.60 bits per heavy atom. The van der Waals surface area contributed by atoms with Gasteiger partial charge in [0.1, 0.15) is 0 Å². The summed E-state index contributed by atoms with van der Waals surface area (Å²) in [6.45, 7) is 0. The lowest BCUT2D eigenvalue weighted by atomic mass is 10.0. The third kappa shape index (κ3) is 2.17. The number of hydrogen-bond donors (Lipinski definition) is 1. The van der Waals surface area contributed by atoms with E-state index in [-0.39, 0.29) is 0 Å². The molecule has 0 aromatic rings. The van der Waals surface area contributed by atoms with Crippen LogP contribution in [0, 0.1) is 0 Å². The Hall–Kier alpha value is -0.980. The molecule has 0 amide bonds.